The molecule has 148 valence electrons. The third-order valence-electron chi connectivity index (χ3n) is 4.80. The summed E-state index contributed by atoms with van der Waals surface area (Å²) in [6.07, 6.45) is 0. The Balaban J connectivity index is 1.97. The van der Waals surface area contributed by atoms with Crippen molar-refractivity contribution in [2.75, 3.05) is 14.2 Å². The number of H-pyrrole nitrogens is 1. The van der Waals surface area contributed by atoms with Crippen molar-refractivity contribution in [3.63, 3.8) is 0 Å². The number of methoxy groups -OCH3 is 2. The Kier molecular flexibility index (Phi) is 5.10. The van der Waals surface area contributed by atoms with Crippen molar-refractivity contribution in [2.24, 2.45) is 4.99 Å². The first kappa shape index (κ1) is 19.1. The largest absolute Gasteiger partial charge is 0.494 e. The molecule has 0 saturated heterocycles. The number of aromatic hydroxyl groups is 1. The first-order valence-corrected chi connectivity index (χ1v) is 9.26. The molecule has 1 aromatic heterocycles. The van der Waals surface area contributed by atoms with Gasteiger partial charge in [0, 0.05) is 17.0 Å². The lowest BCUT2D eigenvalue weighted by atomic mass is 10.0. The van der Waals surface area contributed by atoms with Crippen LogP contribution in [-0.2, 0) is 0 Å². The SMILES string of the molecule is COc1cc2[nH]c(O)c(C(=Nc3ccc(C#N)cc3)c3ccccc3)c2cc1OC. The number of nitriles is 1. The van der Waals surface area contributed by atoms with Crippen LogP contribution < -0.4 is 9.47 Å². The third kappa shape index (κ3) is 3.45. The number of ether oxygens (including phenoxy) is 2. The summed E-state index contributed by atoms with van der Waals surface area (Å²) in [6, 6.07) is 22.3. The second-order valence-electron chi connectivity index (χ2n) is 6.59. The van der Waals surface area contributed by atoms with Crippen molar-refractivity contribution in [3.8, 4) is 23.4 Å². The molecular weight excluding hydrogens is 378 g/mol. The average molecular weight is 397 g/mol. The van der Waals surface area contributed by atoms with Gasteiger partial charge in [0.1, 0.15) is 0 Å². The van der Waals surface area contributed by atoms with E-state index in [0.29, 0.717) is 39.5 Å². The van der Waals surface area contributed by atoms with Gasteiger partial charge in [-0.2, -0.15) is 5.26 Å². The molecule has 4 rings (SSSR count). The predicted molar refractivity (Wildman–Crippen MR) is 116 cm³/mol. The van der Waals surface area contributed by atoms with Crippen molar-refractivity contribution in [1.82, 2.24) is 4.98 Å². The van der Waals surface area contributed by atoms with Gasteiger partial charge < -0.3 is 19.6 Å². The predicted octanol–water partition coefficient (Wildman–Crippen LogP) is 4.93. The molecule has 0 unspecified atom stereocenters. The highest BCUT2D eigenvalue weighted by Gasteiger charge is 2.21. The lowest BCUT2D eigenvalue weighted by molar-refractivity contribution is 0.356. The molecule has 6 heteroatoms. The van der Waals surface area contributed by atoms with Gasteiger partial charge in [0.2, 0.25) is 0 Å². The van der Waals surface area contributed by atoms with E-state index in [1.165, 1.54) is 0 Å². The van der Waals surface area contributed by atoms with E-state index in [9.17, 15) is 5.11 Å². The average Bonchev–Trinajstić information content (AvgIpc) is 3.11. The summed E-state index contributed by atoms with van der Waals surface area (Å²) in [6.45, 7) is 0. The molecule has 0 atom stereocenters. The molecule has 2 N–H and O–H groups in total. The van der Waals surface area contributed by atoms with E-state index in [2.05, 4.69) is 11.1 Å². The summed E-state index contributed by atoms with van der Waals surface area (Å²) < 4.78 is 10.8. The van der Waals surface area contributed by atoms with E-state index >= 15 is 0 Å². The van der Waals surface area contributed by atoms with Crippen LogP contribution >= 0.6 is 0 Å². The number of aliphatic imine (C=N–C) groups is 1. The fourth-order valence-electron chi connectivity index (χ4n) is 3.35. The van der Waals surface area contributed by atoms with Crippen molar-refractivity contribution in [2.45, 2.75) is 0 Å². The lowest BCUT2D eigenvalue weighted by Crippen LogP contribution is -2.03. The molecule has 30 heavy (non-hydrogen) atoms. The number of nitrogens with one attached hydrogen (secondary N) is 1. The van der Waals surface area contributed by atoms with Crippen molar-refractivity contribution < 1.29 is 14.6 Å². The zero-order valence-corrected chi connectivity index (χ0v) is 16.5. The van der Waals surface area contributed by atoms with Crippen molar-refractivity contribution in [3.05, 3.63) is 83.4 Å². The molecule has 0 saturated carbocycles. The summed E-state index contributed by atoms with van der Waals surface area (Å²) >= 11 is 0. The highest BCUT2D eigenvalue weighted by molar-refractivity contribution is 6.22. The van der Waals surface area contributed by atoms with E-state index in [4.69, 9.17) is 19.7 Å². The zero-order valence-electron chi connectivity index (χ0n) is 16.5. The maximum atomic E-state index is 10.8. The van der Waals surface area contributed by atoms with Gasteiger partial charge in [-0.3, -0.25) is 0 Å². The first-order valence-electron chi connectivity index (χ1n) is 9.26. The number of benzene rings is 3. The molecule has 0 aliphatic heterocycles. The number of rotatable bonds is 5. The Bertz CT molecular complexity index is 1270. The summed E-state index contributed by atoms with van der Waals surface area (Å²) in [4.78, 5) is 7.81. The number of hydrogen-bond donors (Lipinski definition) is 2. The normalized spacial score (nSPS) is 11.3. The molecule has 0 aliphatic rings. The third-order valence-corrected chi connectivity index (χ3v) is 4.80. The molecule has 1 heterocycles. The van der Waals surface area contributed by atoms with Gasteiger partial charge in [-0.05, 0) is 30.3 Å². The summed E-state index contributed by atoms with van der Waals surface area (Å²) in [5, 5.41) is 20.6. The highest BCUT2D eigenvalue weighted by atomic mass is 16.5. The molecule has 0 radical (unpaired) electrons. The maximum Gasteiger partial charge on any atom is 0.199 e. The van der Waals surface area contributed by atoms with E-state index in [0.717, 1.165) is 10.9 Å². The zero-order chi connectivity index (χ0) is 21.1. The minimum Gasteiger partial charge on any atom is -0.494 e. The Morgan fingerprint density at radius 1 is 0.967 bits per heavy atom. The summed E-state index contributed by atoms with van der Waals surface area (Å²) in [5.74, 6) is 1.11. The van der Waals surface area contributed by atoms with Gasteiger partial charge in [-0.1, -0.05) is 30.3 Å². The van der Waals surface area contributed by atoms with Crippen LogP contribution in [0.2, 0.25) is 0 Å². The van der Waals surface area contributed by atoms with E-state index in [1.807, 2.05) is 36.4 Å². The Morgan fingerprint density at radius 3 is 2.27 bits per heavy atom. The highest BCUT2D eigenvalue weighted by Crippen LogP contribution is 2.38. The molecular formula is C24H19N3O3. The first-order chi connectivity index (χ1) is 14.6. The Labute approximate surface area is 173 Å². The Hall–Kier alpha value is -4.24. The molecule has 3 aromatic carbocycles. The van der Waals surface area contributed by atoms with Crippen LogP contribution in [0.15, 0.2) is 71.7 Å². The Morgan fingerprint density at radius 2 is 1.63 bits per heavy atom. The van der Waals surface area contributed by atoms with Gasteiger partial charge in [-0.25, -0.2) is 4.99 Å². The lowest BCUT2D eigenvalue weighted by Gasteiger charge is -2.10. The van der Waals surface area contributed by atoms with Crippen LogP contribution in [0.1, 0.15) is 16.7 Å². The fraction of sp³-hybridized carbons (Fsp3) is 0.0833. The minimum atomic E-state index is -0.00319. The second-order valence-corrected chi connectivity index (χ2v) is 6.59. The van der Waals surface area contributed by atoms with Crippen LogP contribution in [-0.4, -0.2) is 30.0 Å². The molecule has 0 bridgehead atoms. The van der Waals surface area contributed by atoms with Gasteiger partial charge in [-0.15, -0.1) is 0 Å². The molecule has 0 aliphatic carbocycles. The van der Waals surface area contributed by atoms with E-state index in [1.54, 1.807) is 44.6 Å². The molecule has 0 spiro atoms. The maximum absolute atomic E-state index is 10.8. The number of fused-ring (bicyclic) bond motifs is 1. The molecule has 6 nitrogen and oxygen atoms in total. The topological polar surface area (TPSA) is 90.6 Å². The van der Waals surface area contributed by atoms with Crippen molar-refractivity contribution in [1.29, 1.82) is 5.26 Å². The quantitative estimate of drug-likeness (QED) is 0.467. The number of aromatic nitrogens is 1. The van der Waals surface area contributed by atoms with Crippen LogP contribution in [0, 0.1) is 11.3 Å². The van der Waals surface area contributed by atoms with E-state index < -0.39 is 0 Å². The number of nitrogens with zero attached hydrogens (tertiary/aromatic N) is 2. The molecule has 4 aromatic rings. The number of hydrogen-bond acceptors (Lipinski definition) is 5. The van der Waals surface area contributed by atoms with Crippen LogP contribution in [0.3, 0.4) is 0 Å². The van der Waals surface area contributed by atoms with Crippen LogP contribution in [0.5, 0.6) is 17.4 Å². The van der Waals surface area contributed by atoms with Gasteiger partial charge in [0.25, 0.3) is 0 Å². The van der Waals surface area contributed by atoms with Crippen LogP contribution in [0.25, 0.3) is 10.9 Å². The fourth-order valence-corrected chi connectivity index (χ4v) is 3.35. The summed E-state index contributed by atoms with van der Waals surface area (Å²) in [5.41, 5.74) is 3.92. The van der Waals surface area contributed by atoms with Crippen molar-refractivity contribution >= 4 is 22.3 Å². The monoisotopic (exact) mass is 397 g/mol. The minimum absolute atomic E-state index is 0.00319. The molecule has 0 amide bonds. The summed E-state index contributed by atoms with van der Waals surface area (Å²) in [7, 11) is 3.13. The van der Waals surface area contributed by atoms with Gasteiger partial charge >= 0.3 is 0 Å². The number of aromatic amines is 1. The second kappa shape index (κ2) is 8.02. The van der Waals surface area contributed by atoms with Gasteiger partial charge in [0.15, 0.2) is 17.4 Å². The van der Waals surface area contributed by atoms with Crippen LogP contribution in [0.4, 0.5) is 5.69 Å². The van der Waals surface area contributed by atoms with Gasteiger partial charge in [0.05, 0.1) is 48.3 Å². The smallest absolute Gasteiger partial charge is 0.199 e. The standard InChI is InChI=1S/C24H19N3O3/c1-29-20-12-18-19(13-21(20)30-2)27-24(28)22(18)23(16-6-4-3-5-7-16)26-17-10-8-15(14-25)9-11-17/h3-13,27-28H,1-2H3. The van der Waals surface area contributed by atoms with E-state index in [-0.39, 0.29) is 5.88 Å². The molecule has 0 fully saturated rings.